The van der Waals surface area contributed by atoms with Crippen LogP contribution in [0.1, 0.15) is 46.5 Å². The van der Waals surface area contributed by atoms with Crippen LogP contribution < -0.4 is 5.84 Å². The zero-order chi connectivity index (χ0) is 11.9. The van der Waals surface area contributed by atoms with Gasteiger partial charge >= 0.3 is 0 Å². The third-order valence-electron chi connectivity index (χ3n) is 3.64. The minimum absolute atomic E-state index is 0.325. The molecule has 0 radical (unpaired) electrons. The molecule has 0 heterocycles. The van der Waals surface area contributed by atoms with Crippen LogP contribution in [-0.2, 0) is 0 Å². The number of hydrogen-bond donors (Lipinski definition) is 1. The minimum Gasteiger partial charge on any atom is -0.304 e. The van der Waals surface area contributed by atoms with Gasteiger partial charge in [0.15, 0.2) is 0 Å². The van der Waals surface area contributed by atoms with Crippen LogP contribution in [0.15, 0.2) is 0 Å². The van der Waals surface area contributed by atoms with Crippen molar-refractivity contribution in [2.24, 2.45) is 5.84 Å². The number of nitrogens with zero attached hydrogens (tertiary/aromatic N) is 2. The lowest BCUT2D eigenvalue weighted by Crippen LogP contribution is -2.47. The smallest absolute Gasteiger partial charge is 0.0211 e. The summed E-state index contributed by atoms with van der Waals surface area (Å²) in [5.41, 5.74) is 0.325. The Labute approximate surface area is 95.6 Å². The van der Waals surface area contributed by atoms with Gasteiger partial charge in [-0.2, -0.15) is 0 Å². The van der Waals surface area contributed by atoms with E-state index >= 15 is 0 Å². The molecule has 0 aromatic heterocycles. The standard InChI is InChI=1S/C12H29N3/c1-6-10-15(13)11-9-12(7-2,8-3)14(4)5/h6-11,13H2,1-5H3. The maximum absolute atomic E-state index is 5.92. The Morgan fingerprint density at radius 3 is 1.87 bits per heavy atom. The van der Waals surface area contributed by atoms with Gasteiger partial charge in [-0.1, -0.05) is 20.8 Å². The number of nitrogens with two attached hydrogens (primary N) is 1. The topological polar surface area (TPSA) is 32.5 Å². The second kappa shape index (κ2) is 7.20. The fourth-order valence-electron chi connectivity index (χ4n) is 2.21. The molecule has 2 N–H and O–H groups in total. The Morgan fingerprint density at radius 1 is 1.00 bits per heavy atom. The molecule has 15 heavy (non-hydrogen) atoms. The molecule has 0 unspecified atom stereocenters. The zero-order valence-corrected chi connectivity index (χ0v) is 11.2. The molecule has 0 aliphatic heterocycles. The molecule has 0 saturated carbocycles. The van der Waals surface area contributed by atoms with Crippen LogP contribution >= 0.6 is 0 Å². The summed E-state index contributed by atoms with van der Waals surface area (Å²) < 4.78 is 0. The summed E-state index contributed by atoms with van der Waals surface area (Å²) in [7, 11) is 4.35. The number of rotatable bonds is 8. The molecule has 3 nitrogen and oxygen atoms in total. The molecule has 0 spiro atoms. The molecule has 0 aromatic carbocycles. The van der Waals surface area contributed by atoms with Gasteiger partial charge in [-0.15, -0.1) is 0 Å². The highest BCUT2D eigenvalue weighted by Crippen LogP contribution is 2.25. The molecular formula is C12H29N3. The van der Waals surface area contributed by atoms with E-state index in [0.29, 0.717) is 5.54 Å². The van der Waals surface area contributed by atoms with Crippen molar-refractivity contribution in [3.05, 3.63) is 0 Å². The van der Waals surface area contributed by atoms with Crippen molar-refractivity contribution in [3.8, 4) is 0 Å². The van der Waals surface area contributed by atoms with Crippen molar-refractivity contribution in [1.29, 1.82) is 0 Å². The largest absolute Gasteiger partial charge is 0.304 e. The quantitative estimate of drug-likeness (QED) is 0.497. The maximum atomic E-state index is 5.92. The third kappa shape index (κ3) is 4.49. The van der Waals surface area contributed by atoms with Crippen molar-refractivity contribution in [2.75, 3.05) is 27.2 Å². The first-order chi connectivity index (χ1) is 7.02. The summed E-state index contributed by atoms with van der Waals surface area (Å²) in [6.07, 6.45) is 4.67. The van der Waals surface area contributed by atoms with Crippen molar-refractivity contribution < 1.29 is 0 Å². The zero-order valence-electron chi connectivity index (χ0n) is 11.2. The van der Waals surface area contributed by atoms with Crippen LogP contribution in [0.5, 0.6) is 0 Å². The SMILES string of the molecule is CCCN(N)CCC(CC)(CC)N(C)C. The Hall–Kier alpha value is -0.120. The molecule has 0 saturated heterocycles. The van der Waals surface area contributed by atoms with Crippen molar-refractivity contribution in [1.82, 2.24) is 9.91 Å². The number of hydrazine groups is 1. The first-order valence-corrected chi connectivity index (χ1v) is 6.19. The monoisotopic (exact) mass is 215 g/mol. The Bertz CT molecular complexity index is 153. The van der Waals surface area contributed by atoms with Gasteiger partial charge in [0.05, 0.1) is 0 Å². The lowest BCUT2D eigenvalue weighted by atomic mass is 9.87. The van der Waals surface area contributed by atoms with Crippen LogP contribution in [0.3, 0.4) is 0 Å². The van der Waals surface area contributed by atoms with E-state index in [1.54, 1.807) is 0 Å². The summed E-state index contributed by atoms with van der Waals surface area (Å²) in [6, 6.07) is 0. The van der Waals surface area contributed by atoms with Crippen molar-refractivity contribution in [2.45, 2.75) is 52.0 Å². The van der Waals surface area contributed by atoms with E-state index in [1.807, 2.05) is 5.01 Å². The van der Waals surface area contributed by atoms with E-state index in [2.05, 4.69) is 39.8 Å². The van der Waals surface area contributed by atoms with Gasteiger partial charge in [0.2, 0.25) is 0 Å². The third-order valence-corrected chi connectivity index (χ3v) is 3.64. The summed E-state index contributed by atoms with van der Waals surface area (Å²) in [5, 5.41) is 1.95. The fourth-order valence-corrected chi connectivity index (χ4v) is 2.21. The second-order valence-electron chi connectivity index (χ2n) is 4.61. The van der Waals surface area contributed by atoms with Gasteiger partial charge in [0.1, 0.15) is 0 Å². The van der Waals surface area contributed by atoms with Crippen molar-refractivity contribution in [3.63, 3.8) is 0 Å². The first-order valence-electron chi connectivity index (χ1n) is 6.19. The Kier molecular flexibility index (Phi) is 7.14. The molecule has 0 aliphatic rings. The van der Waals surface area contributed by atoms with Crippen molar-refractivity contribution >= 4 is 0 Å². The van der Waals surface area contributed by atoms with Gasteiger partial charge in [-0.05, 0) is 39.8 Å². The van der Waals surface area contributed by atoms with Crippen LogP contribution in [0, 0.1) is 0 Å². The normalized spacial score (nSPS) is 12.8. The van der Waals surface area contributed by atoms with E-state index in [4.69, 9.17) is 5.84 Å². The predicted molar refractivity (Wildman–Crippen MR) is 67.7 cm³/mol. The second-order valence-corrected chi connectivity index (χ2v) is 4.61. The van der Waals surface area contributed by atoms with Gasteiger partial charge in [0.25, 0.3) is 0 Å². The highest BCUT2D eigenvalue weighted by molar-refractivity contribution is 4.85. The molecule has 0 aromatic rings. The first kappa shape index (κ1) is 14.9. The van der Waals surface area contributed by atoms with Gasteiger partial charge in [-0.25, -0.2) is 5.01 Å². The highest BCUT2D eigenvalue weighted by Gasteiger charge is 2.28. The lowest BCUT2D eigenvalue weighted by Gasteiger charge is -2.39. The van der Waals surface area contributed by atoms with E-state index < -0.39 is 0 Å². The van der Waals surface area contributed by atoms with E-state index in [-0.39, 0.29) is 0 Å². The van der Waals surface area contributed by atoms with Gasteiger partial charge < -0.3 is 4.90 Å². The average molecular weight is 215 g/mol. The number of hydrogen-bond acceptors (Lipinski definition) is 3. The van der Waals surface area contributed by atoms with Crippen LogP contribution in [0.2, 0.25) is 0 Å². The van der Waals surface area contributed by atoms with Gasteiger partial charge in [-0.3, -0.25) is 5.84 Å². The summed E-state index contributed by atoms with van der Waals surface area (Å²) in [6.45, 7) is 8.69. The summed E-state index contributed by atoms with van der Waals surface area (Å²) in [5.74, 6) is 5.92. The molecule has 0 rings (SSSR count). The van der Waals surface area contributed by atoms with Gasteiger partial charge in [0, 0.05) is 18.6 Å². The molecule has 0 fully saturated rings. The molecular weight excluding hydrogens is 186 g/mol. The molecule has 92 valence electrons. The minimum atomic E-state index is 0.325. The van der Waals surface area contributed by atoms with Crippen LogP contribution in [-0.4, -0.2) is 42.6 Å². The lowest BCUT2D eigenvalue weighted by molar-refractivity contribution is 0.107. The Morgan fingerprint density at radius 2 is 1.53 bits per heavy atom. The highest BCUT2D eigenvalue weighted by atomic mass is 15.4. The van der Waals surface area contributed by atoms with E-state index in [9.17, 15) is 0 Å². The van der Waals surface area contributed by atoms with Crippen LogP contribution in [0.25, 0.3) is 0 Å². The summed E-state index contributed by atoms with van der Waals surface area (Å²) >= 11 is 0. The van der Waals surface area contributed by atoms with E-state index in [0.717, 1.165) is 25.9 Å². The average Bonchev–Trinajstić information content (AvgIpc) is 2.20. The van der Waals surface area contributed by atoms with Crippen LogP contribution in [0.4, 0.5) is 0 Å². The molecule has 0 aliphatic carbocycles. The Balaban J connectivity index is 4.17. The molecule has 0 bridgehead atoms. The predicted octanol–water partition coefficient (Wildman–Crippen LogP) is 2.08. The molecule has 3 heteroatoms. The van der Waals surface area contributed by atoms with E-state index in [1.165, 1.54) is 12.8 Å². The maximum Gasteiger partial charge on any atom is 0.0211 e. The summed E-state index contributed by atoms with van der Waals surface area (Å²) in [4.78, 5) is 2.35. The molecule has 0 amide bonds. The molecule has 0 atom stereocenters. The fraction of sp³-hybridized carbons (Fsp3) is 1.00.